The molecule has 4 heteroatoms. The summed E-state index contributed by atoms with van der Waals surface area (Å²) in [6, 6.07) is 0. The molecule has 0 aliphatic heterocycles. The summed E-state index contributed by atoms with van der Waals surface area (Å²) in [7, 11) is 0. The molecule has 4 unspecified atom stereocenters. The first-order chi connectivity index (χ1) is 9.05. The Morgan fingerprint density at radius 1 is 1.37 bits per heavy atom. The largest absolute Gasteiger partial charge is 0.480 e. The highest BCUT2D eigenvalue weighted by atomic mass is 32.2. The average molecular weight is 285 g/mol. The van der Waals surface area contributed by atoms with Crippen molar-refractivity contribution < 1.29 is 9.90 Å². The number of carboxylic acid groups (broad SMARTS) is 1. The number of hydrogen-bond acceptors (Lipinski definition) is 3. The zero-order chi connectivity index (χ0) is 13.9. The van der Waals surface area contributed by atoms with Crippen LogP contribution in [-0.2, 0) is 4.79 Å². The molecule has 2 N–H and O–H groups in total. The van der Waals surface area contributed by atoms with Gasteiger partial charge >= 0.3 is 5.97 Å². The second kappa shape index (κ2) is 6.49. The lowest BCUT2D eigenvalue weighted by Crippen LogP contribution is -2.50. The summed E-state index contributed by atoms with van der Waals surface area (Å²) in [5.41, 5.74) is -0.646. The summed E-state index contributed by atoms with van der Waals surface area (Å²) < 4.78 is 0. The van der Waals surface area contributed by atoms with E-state index in [-0.39, 0.29) is 0 Å². The van der Waals surface area contributed by atoms with Gasteiger partial charge in [0, 0.05) is 10.5 Å². The van der Waals surface area contributed by atoms with Gasteiger partial charge in [-0.3, -0.25) is 4.79 Å². The number of nitrogens with one attached hydrogen (secondary N) is 1. The van der Waals surface area contributed by atoms with Crippen molar-refractivity contribution in [3.8, 4) is 0 Å². The van der Waals surface area contributed by atoms with E-state index in [0.717, 1.165) is 37.0 Å². The Morgan fingerprint density at radius 2 is 2.16 bits per heavy atom. The van der Waals surface area contributed by atoms with E-state index in [0.29, 0.717) is 5.25 Å². The van der Waals surface area contributed by atoms with E-state index in [4.69, 9.17) is 0 Å². The van der Waals surface area contributed by atoms with Crippen LogP contribution in [0.25, 0.3) is 0 Å². The van der Waals surface area contributed by atoms with Gasteiger partial charge in [0.2, 0.25) is 0 Å². The molecule has 0 aromatic carbocycles. The highest BCUT2D eigenvalue weighted by Gasteiger charge is 2.45. The zero-order valence-corrected chi connectivity index (χ0v) is 13.0. The Labute approximate surface area is 120 Å². The van der Waals surface area contributed by atoms with E-state index in [2.05, 4.69) is 24.0 Å². The van der Waals surface area contributed by atoms with Crippen molar-refractivity contribution in [2.24, 2.45) is 5.92 Å². The second-order valence-corrected chi connectivity index (χ2v) is 7.92. The predicted molar refractivity (Wildman–Crippen MR) is 80.7 cm³/mol. The lowest BCUT2D eigenvalue weighted by Gasteiger charge is -2.29. The topological polar surface area (TPSA) is 49.3 Å². The molecule has 3 nitrogen and oxygen atoms in total. The van der Waals surface area contributed by atoms with Gasteiger partial charge in [0.05, 0.1) is 0 Å². The highest BCUT2D eigenvalue weighted by Crippen LogP contribution is 2.42. The van der Waals surface area contributed by atoms with Crippen molar-refractivity contribution >= 4 is 17.7 Å². The van der Waals surface area contributed by atoms with Crippen molar-refractivity contribution in [1.82, 2.24) is 5.32 Å². The molecule has 110 valence electrons. The van der Waals surface area contributed by atoms with Crippen molar-refractivity contribution in [2.75, 3.05) is 6.54 Å². The fraction of sp³-hybridized carbons (Fsp3) is 0.933. The molecular formula is C15H27NO2S. The first-order valence-electron chi connectivity index (χ1n) is 7.69. The van der Waals surface area contributed by atoms with Gasteiger partial charge < -0.3 is 10.4 Å². The standard InChI is InChI=1S/C15H27NO2S/c1-3-16-15(14(17)18)8-7-13(10-15)19-12-6-4-5-11(2)9-12/h11-13,16H,3-10H2,1-2H3,(H,17,18). The lowest BCUT2D eigenvalue weighted by atomic mass is 9.91. The molecule has 0 bridgehead atoms. The van der Waals surface area contributed by atoms with Crippen molar-refractivity contribution in [1.29, 1.82) is 0 Å². The summed E-state index contributed by atoms with van der Waals surface area (Å²) >= 11 is 2.07. The van der Waals surface area contributed by atoms with Crippen LogP contribution in [-0.4, -0.2) is 33.7 Å². The van der Waals surface area contributed by atoms with E-state index in [1.807, 2.05) is 6.92 Å². The number of rotatable bonds is 5. The zero-order valence-electron chi connectivity index (χ0n) is 12.2. The van der Waals surface area contributed by atoms with Crippen LogP contribution in [0.3, 0.4) is 0 Å². The van der Waals surface area contributed by atoms with E-state index >= 15 is 0 Å². The molecule has 0 amide bonds. The number of hydrogen-bond donors (Lipinski definition) is 2. The van der Waals surface area contributed by atoms with Crippen LogP contribution >= 0.6 is 11.8 Å². The molecule has 0 aromatic rings. The van der Waals surface area contributed by atoms with Gasteiger partial charge in [-0.2, -0.15) is 11.8 Å². The average Bonchev–Trinajstić information content (AvgIpc) is 2.74. The third-order valence-corrected chi connectivity index (χ3v) is 6.27. The van der Waals surface area contributed by atoms with Crippen LogP contribution in [0.15, 0.2) is 0 Å². The van der Waals surface area contributed by atoms with Crippen LogP contribution in [0.4, 0.5) is 0 Å². The fourth-order valence-electron chi connectivity index (χ4n) is 3.66. The monoisotopic (exact) mass is 285 g/mol. The number of carboxylic acids is 1. The van der Waals surface area contributed by atoms with Crippen LogP contribution in [0.2, 0.25) is 0 Å². The van der Waals surface area contributed by atoms with Crippen molar-refractivity contribution in [2.45, 2.75) is 74.8 Å². The molecule has 0 saturated heterocycles. The first-order valence-corrected chi connectivity index (χ1v) is 8.64. The summed E-state index contributed by atoms with van der Waals surface area (Å²) in [5, 5.41) is 14.0. The second-order valence-electron chi connectivity index (χ2n) is 6.31. The summed E-state index contributed by atoms with van der Waals surface area (Å²) in [4.78, 5) is 11.5. The molecular weight excluding hydrogens is 258 g/mol. The molecule has 0 heterocycles. The van der Waals surface area contributed by atoms with Gasteiger partial charge in [-0.05, 0) is 44.6 Å². The minimum atomic E-state index is -0.658. The summed E-state index contributed by atoms with van der Waals surface area (Å²) in [6.45, 7) is 5.08. The number of likely N-dealkylation sites (N-methyl/N-ethyl adjacent to an activating group) is 1. The number of aliphatic carboxylic acids is 1. The number of carbonyl (C=O) groups is 1. The Bertz CT molecular complexity index is 323. The van der Waals surface area contributed by atoms with E-state index in [1.54, 1.807) is 0 Å². The SMILES string of the molecule is CCNC1(C(=O)O)CCC(SC2CCCC(C)C2)C1. The van der Waals surface area contributed by atoms with Gasteiger partial charge in [0.25, 0.3) is 0 Å². The molecule has 2 aliphatic rings. The minimum absolute atomic E-state index is 0.533. The maximum atomic E-state index is 11.5. The Balaban J connectivity index is 1.88. The maximum Gasteiger partial charge on any atom is 0.323 e. The molecule has 2 fully saturated rings. The quantitative estimate of drug-likeness (QED) is 0.814. The van der Waals surface area contributed by atoms with Gasteiger partial charge in [-0.25, -0.2) is 0 Å². The molecule has 4 atom stereocenters. The van der Waals surface area contributed by atoms with Gasteiger partial charge in [0.1, 0.15) is 5.54 Å². The van der Waals surface area contributed by atoms with Crippen LogP contribution in [0, 0.1) is 5.92 Å². The van der Waals surface area contributed by atoms with Gasteiger partial charge in [0.15, 0.2) is 0 Å². The van der Waals surface area contributed by atoms with Crippen LogP contribution in [0.1, 0.15) is 58.8 Å². The summed E-state index contributed by atoms with van der Waals surface area (Å²) in [6.07, 6.45) is 8.01. The Morgan fingerprint density at radius 3 is 2.79 bits per heavy atom. The molecule has 2 saturated carbocycles. The fourth-order valence-corrected chi connectivity index (χ4v) is 5.58. The Hall–Kier alpha value is -0.220. The predicted octanol–water partition coefficient (Wildman–Crippen LogP) is 3.28. The van der Waals surface area contributed by atoms with Gasteiger partial charge in [-0.1, -0.05) is 26.7 Å². The van der Waals surface area contributed by atoms with Crippen LogP contribution in [0.5, 0.6) is 0 Å². The molecule has 0 spiro atoms. The highest BCUT2D eigenvalue weighted by molar-refractivity contribution is 8.00. The summed E-state index contributed by atoms with van der Waals surface area (Å²) in [5.74, 6) is 0.195. The van der Waals surface area contributed by atoms with Crippen molar-refractivity contribution in [3.63, 3.8) is 0 Å². The Kier molecular flexibility index (Phi) is 5.18. The third kappa shape index (κ3) is 3.66. The molecule has 2 aliphatic carbocycles. The third-order valence-electron chi connectivity index (χ3n) is 4.67. The lowest BCUT2D eigenvalue weighted by molar-refractivity contribution is -0.144. The smallest absolute Gasteiger partial charge is 0.323 e. The molecule has 2 rings (SSSR count). The molecule has 0 radical (unpaired) electrons. The van der Waals surface area contributed by atoms with E-state index in [9.17, 15) is 9.90 Å². The molecule has 19 heavy (non-hydrogen) atoms. The minimum Gasteiger partial charge on any atom is -0.480 e. The first kappa shape index (κ1) is 15.2. The number of thioether (sulfide) groups is 1. The van der Waals surface area contributed by atoms with E-state index in [1.165, 1.54) is 25.7 Å². The molecule has 0 aromatic heterocycles. The van der Waals surface area contributed by atoms with Gasteiger partial charge in [-0.15, -0.1) is 0 Å². The maximum absolute atomic E-state index is 11.5. The van der Waals surface area contributed by atoms with Crippen LogP contribution < -0.4 is 5.32 Å². The van der Waals surface area contributed by atoms with E-state index < -0.39 is 11.5 Å². The normalized spacial score (nSPS) is 39.4. The van der Waals surface area contributed by atoms with Crippen molar-refractivity contribution in [3.05, 3.63) is 0 Å².